The van der Waals surface area contributed by atoms with Gasteiger partial charge in [0.05, 0.1) is 12.5 Å². The van der Waals surface area contributed by atoms with Crippen LogP contribution in [0, 0.1) is 0 Å². The van der Waals surface area contributed by atoms with Crippen LogP contribution in [0.2, 0.25) is 0 Å². The molecule has 0 amide bonds. The Kier molecular flexibility index (Phi) is 3.53. The van der Waals surface area contributed by atoms with Crippen molar-refractivity contribution in [2.45, 2.75) is 0 Å². The molecule has 0 atom stereocenters. The van der Waals surface area contributed by atoms with E-state index in [1.165, 1.54) is 4.73 Å². The number of furan rings is 1. The highest BCUT2D eigenvalue weighted by atomic mass is 16.8. The van der Waals surface area contributed by atoms with E-state index < -0.39 is 0 Å². The normalized spacial score (nSPS) is 8.42. The number of aromatic nitrogens is 1. The van der Waals surface area contributed by atoms with Gasteiger partial charge in [0.2, 0.25) is 0 Å². The molecular formula is C8H10N2O2. The first kappa shape index (κ1) is 8.42. The van der Waals surface area contributed by atoms with Gasteiger partial charge in [-0.1, -0.05) is 0 Å². The van der Waals surface area contributed by atoms with Gasteiger partial charge in [-0.25, -0.2) is 0 Å². The van der Waals surface area contributed by atoms with E-state index in [2.05, 4.69) is 9.36 Å². The Morgan fingerprint density at radius 2 is 1.58 bits per heavy atom. The van der Waals surface area contributed by atoms with Gasteiger partial charge in [0.15, 0.2) is 0 Å². The fourth-order valence-corrected chi connectivity index (χ4v) is 0.616. The molecule has 0 saturated carbocycles. The second-order valence-corrected chi connectivity index (χ2v) is 1.94. The van der Waals surface area contributed by atoms with Gasteiger partial charge < -0.3 is 9.36 Å². The highest BCUT2D eigenvalue weighted by Gasteiger charge is 1.76. The number of nitrogens with two attached hydrogens (primary N) is 1. The molecular weight excluding hydrogens is 156 g/mol. The van der Waals surface area contributed by atoms with Gasteiger partial charge in [0.1, 0.15) is 0 Å². The maximum absolute atomic E-state index is 4.76. The first-order valence-corrected chi connectivity index (χ1v) is 3.41. The zero-order chi connectivity index (χ0) is 8.65. The molecule has 4 heteroatoms. The monoisotopic (exact) mass is 166 g/mol. The van der Waals surface area contributed by atoms with Crippen LogP contribution in [0.15, 0.2) is 53.6 Å². The fourth-order valence-electron chi connectivity index (χ4n) is 0.616. The summed E-state index contributed by atoms with van der Waals surface area (Å²) in [6.07, 6.45) is 6.67. The zero-order valence-electron chi connectivity index (χ0n) is 6.46. The van der Waals surface area contributed by atoms with Crippen molar-refractivity contribution in [2.24, 2.45) is 5.90 Å². The standard InChI is InChI=1S/C4H6N2O.C4H4O/c5-7-6-3-1-2-4-6;1-2-4-5-3-1/h1-4H,5H2;1-4H. The first-order chi connectivity index (χ1) is 5.93. The van der Waals surface area contributed by atoms with Crippen LogP contribution in [0.3, 0.4) is 0 Å². The molecule has 0 saturated heterocycles. The van der Waals surface area contributed by atoms with Crippen LogP contribution in [0.5, 0.6) is 0 Å². The summed E-state index contributed by atoms with van der Waals surface area (Å²) in [5.74, 6) is 4.76. The lowest BCUT2D eigenvalue weighted by molar-refractivity contribution is 0.113. The number of hydrogen-bond donors (Lipinski definition) is 1. The molecule has 0 aromatic carbocycles. The van der Waals surface area contributed by atoms with Crippen molar-refractivity contribution < 1.29 is 9.36 Å². The molecule has 0 spiro atoms. The van der Waals surface area contributed by atoms with Gasteiger partial charge in [0.25, 0.3) is 0 Å². The summed E-state index contributed by atoms with van der Waals surface area (Å²) in [5.41, 5.74) is 0. The third kappa shape index (κ3) is 2.94. The minimum Gasteiger partial charge on any atom is -0.473 e. The molecule has 64 valence electrons. The van der Waals surface area contributed by atoms with Crippen molar-refractivity contribution in [1.29, 1.82) is 0 Å². The molecule has 0 aliphatic rings. The third-order valence-electron chi connectivity index (χ3n) is 1.12. The summed E-state index contributed by atoms with van der Waals surface area (Å²) < 4.78 is 5.99. The lowest BCUT2D eigenvalue weighted by Crippen LogP contribution is -2.15. The lowest BCUT2D eigenvalue weighted by atomic mass is 10.7. The highest BCUT2D eigenvalue weighted by Crippen LogP contribution is 1.81. The van der Waals surface area contributed by atoms with Crippen molar-refractivity contribution >= 4 is 0 Å². The second-order valence-electron chi connectivity index (χ2n) is 1.94. The maximum Gasteiger partial charge on any atom is 0.0902 e. The molecule has 0 radical (unpaired) electrons. The van der Waals surface area contributed by atoms with Gasteiger partial charge in [-0.2, -0.15) is 4.73 Å². The Hall–Kier alpha value is -1.68. The Bertz CT molecular complexity index is 246. The van der Waals surface area contributed by atoms with E-state index in [0.717, 1.165) is 0 Å². The smallest absolute Gasteiger partial charge is 0.0902 e. The summed E-state index contributed by atoms with van der Waals surface area (Å²) in [6.45, 7) is 0. The molecule has 2 aromatic heterocycles. The molecule has 0 aliphatic carbocycles. The SMILES string of the molecule is NOn1cccc1.c1ccoc1. The van der Waals surface area contributed by atoms with Crippen LogP contribution >= 0.6 is 0 Å². The summed E-state index contributed by atoms with van der Waals surface area (Å²) in [5, 5.41) is 0. The Morgan fingerprint density at radius 1 is 1.00 bits per heavy atom. The minimum absolute atomic E-state index is 1.40. The topological polar surface area (TPSA) is 53.3 Å². The molecule has 2 heterocycles. The van der Waals surface area contributed by atoms with Crippen LogP contribution in [0.25, 0.3) is 0 Å². The van der Waals surface area contributed by atoms with Crippen molar-refractivity contribution in [3.63, 3.8) is 0 Å². The Morgan fingerprint density at radius 3 is 1.83 bits per heavy atom. The average Bonchev–Trinajstić information content (AvgIpc) is 2.81. The largest absolute Gasteiger partial charge is 0.473 e. The molecule has 12 heavy (non-hydrogen) atoms. The summed E-state index contributed by atoms with van der Waals surface area (Å²) in [7, 11) is 0. The van der Waals surface area contributed by atoms with Crippen molar-refractivity contribution in [3.8, 4) is 0 Å². The summed E-state index contributed by atoms with van der Waals surface area (Å²) >= 11 is 0. The van der Waals surface area contributed by atoms with Crippen LogP contribution in [0.4, 0.5) is 0 Å². The predicted molar refractivity (Wildman–Crippen MR) is 43.9 cm³/mol. The van der Waals surface area contributed by atoms with E-state index in [-0.39, 0.29) is 0 Å². The van der Waals surface area contributed by atoms with Crippen LogP contribution < -0.4 is 10.8 Å². The molecule has 0 aliphatic heterocycles. The lowest BCUT2D eigenvalue weighted by Gasteiger charge is -1.92. The van der Waals surface area contributed by atoms with Crippen molar-refractivity contribution in [1.82, 2.24) is 4.73 Å². The van der Waals surface area contributed by atoms with E-state index in [0.29, 0.717) is 0 Å². The zero-order valence-corrected chi connectivity index (χ0v) is 6.46. The fraction of sp³-hybridized carbons (Fsp3) is 0. The second kappa shape index (κ2) is 5.03. The number of rotatable bonds is 1. The molecule has 4 nitrogen and oxygen atoms in total. The van der Waals surface area contributed by atoms with E-state index in [4.69, 9.17) is 5.90 Å². The van der Waals surface area contributed by atoms with E-state index in [1.807, 2.05) is 24.3 Å². The maximum atomic E-state index is 4.76. The van der Waals surface area contributed by atoms with Crippen molar-refractivity contribution in [2.75, 3.05) is 0 Å². The molecule has 2 aromatic rings. The number of hydrogen-bond acceptors (Lipinski definition) is 3. The van der Waals surface area contributed by atoms with Gasteiger partial charge in [-0.3, -0.25) is 0 Å². The minimum atomic E-state index is 1.40. The molecule has 2 N–H and O–H groups in total. The Balaban J connectivity index is 0.000000127. The molecule has 0 unspecified atom stereocenters. The quantitative estimate of drug-likeness (QED) is 0.645. The molecule has 2 rings (SSSR count). The van der Waals surface area contributed by atoms with E-state index in [9.17, 15) is 0 Å². The molecule has 0 fully saturated rings. The van der Waals surface area contributed by atoms with Crippen molar-refractivity contribution in [3.05, 3.63) is 49.2 Å². The summed E-state index contributed by atoms with van der Waals surface area (Å²) in [6, 6.07) is 7.32. The molecule has 0 bridgehead atoms. The Labute approximate surface area is 70.1 Å². The van der Waals surface area contributed by atoms with Crippen LogP contribution in [0.1, 0.15) is 0 Å². The first-order valence-electron chi connectivity index (χ1n) is 3.41. The van der Waals surface area contributed by atoms with Crippen LogP contribution in [-0.4, -0.2) is 4.73 Å². The predicted octanol–water partition coefficient (Wildman–Crippen LogP) is 1.07. The van der Waals surface area contributed by atoms with Gasteiger partial charge in [-0.15, -0.1) is 5.90 Å². The highest BCUT2D eigenvalue weighted by molar-refractivity contribution is 4.87. The van der Waals surface area contributed by atoms with E-state index >= 15 is 0 Å². The third-order valence-corrected chi connectivity index (χ3v) is 1.12. The summed E-state index contributed by atoms with van der Waals surface area (Å²) in [4.78, 5) is 4.27. The number of nitrogens with zero attached hydrogens (tertiary/aromatic N) is 1. The average molecular weight is 166 g/mol. The van der Waals surface area contributed by atoms with Gasteiger partial charge in [0, 0.05) is 12.4 Å². The van der Waals surface area contributed by atoms with Crippen LogP contribution in [-0.2, 0) is 0 Å². The van der Waals surface area contributed by atoms with Gasteiger partial charge in [-0.05, 0) is 24.3 Å². The van der Waals surface area contributed by atoms with E-state index in [1.54, 1.807) is 24.9 Å². The van der Waals surface area contributed by atoms with Gasteiger partial charge >= 0.3 is 0 Å².